The van der Waals surface area contributed by atoms with Gasteiger partial charge in [0.25, 0.3) is 0 Å². The Morgan fingerprint density at radius 1 is 0.750 bits per heavy atom. The fraction of sp³-hybridized carbons (Fsp3) is 0. The summed E-state index contributed by atoms with van der Waals surface area (Å²) in [5, 5.41) is 0. The Hall–Kier alpha value is 0.833. The van der Waals surface area contributed by atoms with Gasteiger partial charge in [0.1, 0.15) is 0 Å². The number of rotatable bonds is 0. The van der Waals surface area contributed by atoms with Gasteiger partial charge in [-0.25, -0.2) is 0 Å². The summed E-state index contributed by atoms with van der Waals surface area (Å²) in [5.74, 6) is 0. The molecule has 4 N–H and O–H groups in total. The Kier molecular flexibility index (Phi) is 1130. The van der Waals surface area contributed by atoms with Crippen LogP contribution in [0.3, 0.4) is 0 Å². The van der Waals surface area contributed by atoms with Crippen LogP contribution >= 0.6 is 0 Å². The summed E-state index contributed by atoms with van der Waals surface area (Å²) in [6, 6.07) is 0. The van der Waals surface area contributed by atoms with Crippen molar-refractivity contribution >= 4 is 0 Å². The SMILES string of the molecule is O.O.[Cl-].[Rh+3]. The van der Waals surface area contributed by atoms with Crippen LogP contribution in [0.2, 0.25) is 0 Å². The topological polar surface area (TPSA) is 63.0 Å². The van der Waals surface area contributed by atoms with Crippen LogP contribution in [0.15, 0.2) is 0 Å². The molecule has 0 aliphatic heterocycles. The van der Waals surface area contributed by atoms with E-state index in [-0.39, 0.29) is 42.8 Å². The maximum Gasteiger partial charge on any atom is 3.00 e. The average molecular weight is 174 g/mol. The smallest absolute Gasteiger partial charge is 1.00 e. The van der Waals surface area contributed by atoms with Gasteiger partial charge >= 0.3 is 19.5 Å². The molecule has 0 fully saturated rings. The minimum atomic E-state index is 0. The minimum Gasteiger partial charge on any atom is -1.00 e. The summed E-state index contributed by atoms with van der Waals surface area (Å²) >= 11 is 0. The quantitative estimate of drug-likeness (QED) is 0.332. The zero-order valence-corrected chi connectivity index (χ0v) is 4.11. The average Bonchev–Trinajstić information content (AvgIpc) is 0. The maximum absolute atomic E-state index is 0. The Morgan fingerprint density at radius 2 is 0.750 bits per heavy atom. The zero-order chi connectivity index (χ0) is 0. The summed E-state index contributed by atoms with van der Waals surface area (Å²) in [6.07, 6.45) is 0. The van der Waals surface area contributed by atoms with E-state index in [0.717, 1.165) is 0 Å². The van der Waals surface area contributed by atoms with Crippen LogP contribution in [-0.2, 0) is 19.5 Å². The largest absolute Gasteiger partial charge is 3.00 e. The van der Waals surface area contributed by atoms with Crippen LogP contribution in [0.1, 0.15) is 0 Å². The molecule has 0 unspecified atom stereocenters. The van der Waals surface area contributed by atoms with E-state index in [1.807, 2.05) is 0 Å². The molecule has 0 saturated heterocycles. The Bertz CT molecular complexity index is 6.00. The number of halogens is 1. The summed E-state index contributed by atoms with van der Waals surface area (Å²) < 4.78 is 0. The molecule has 0 rings (SSSR count). The van der Waals surface area contributed by atoms with E-state index in [2.05, 4.69) is 0 Å². The summed E-state index contributed by atoms with van der Waals surface area (Å²) in [7, 11) is 0. The van der Waals surface area contributed by atoms with Crippen molar-refractivity contribution < 1.29 is 42.8 Å². The van der Waals surface area contributed by atoms with Crippen molar-refractivity contribution in [1.29, 1.82) is 0 Å². The van der Waals surface area contributed by atoms with Crippen LogP contribution in [0.5, 0.6) is 0 Å². The molecule has 0 heterocycles. The minimum absolute atomic E-state index is 0. The van der Waals surface area contributed by atoms with Gasteiger partial charge in [-0.15, -0.1) is 0 Å². The molecule has 0 aromatic rings. The van der Waals surface area contributed by atoms with Crippen LogP contribution in [0.25, 0.3) is 0 Å². The molecule has 0 atom stereocenters. The molecule has 0 aromatic carbocycles. The van der Waals surface area contributed by atoms with Gasteiger partial charge in [-0.1, -0.05) is 0 Å². The Balaban J connectivity index is 0. The molecule has 0 aromatic heterocycles. The first kappa shape index (κ1) is 102. The molecule has 0 saturated carbocycles. The van der Waals surface area contributed by atoms with E-state index in [1.54, 1.807) is 0 Å². The van der Waals surface area contributed by atoms with Gasteiger partial charge in [-0.2, -0.15) is 0 Å². The van der Waals surface area contributed by atoms with Gasteiger partial charge in [-0.05, 0) is 0 Å². The van der Waals surface area contributed by atoms with Crippen molar-refractivity contribution in [2.45, 2.75) is 0 Å². The Morgan fingerprint density at radius 3 is 0.750 bits per heavy atom. The van der Waals surface area contributed by atoms with E-state index in [4.69, 9.17) is 0 Å². The standard InChI is InChI=1S/ClH.2H2O.Rh/h1H;2*1H2;/q;;;+3/p-1. The van der Waals surface area contributed by atoms with Crippen molar-refractivity contribution in [3.05, 3.63) is 0 Å². The molecule has 30 valence electrons. The first-order valence-corrected chi connectivity index (χ1v) is 0. The van der Waals surface area contributed by atoms with Crippen LogP contribution in [-0.4, -0.2) is 11.0 Å². The normalized spacial score (nSPS) is 0. The molecular formula is H4ClO2Rh+2. The van der Waals surface area contributed by atoms with E-state index >= 15 is 0 Å². The first-order chi connectivity index (χ1) is 0. The second-order valence-electron chi connectivity index (χ2n) is 0. The third kappa shape index (κ3) is 13.7. The number of hydrogen-bond donors (Lipinski definition) is 0. The monoisotopic (exact) mass is 174 g/mol. The summed E-state index contributed by atoms with van der Waals surface area (Å²) in [4.78, 5) is 0. The van der Waals surface area contributed by atoms with E-state index in [9.17, 15) is 0 Å². The summed E-state index contributed by atoms with van der Waals surface area (Å²) in [6.45, 7) is 0. The molecule has 4 heavy (non-hydrogen) atoms. The van der Waals surface area contributed by atoms with Crippen LogP contribution in [0.4, 0.5) is 0 Å². The molecule has 0 aliphatic carbocycles. The van der Waals surface area contributed by atoms with Crippen molar-refractivity contribution in [1.82, 2.24) is 0 Å². The third-order valence-corrected chi connectivity index (χ3v) is 0. The van der Waals surface area contributed by atoms with Crippen molar-refractivity contribution in [3.63, 3.8) is 0 Å². The van der Waals surface area contributed by atoms with E-state index in [0.29, 0.717) is 0 Å². The van der Waals surface area contributed by atoms with Crippen molar-refractivity contribution in [2.75, 3.05) is 0 Å². The van der Waals surface area contributed by atoms with Gasteiger partial charge in [0.2, 0.25) is 0 Å². The van der Waals surface area contributed by atoms with Gasteiger partial charge in [0.15, 0.2) is 0 Å². The third-order valence-electron chi connectivity index (χ3n) is 0. The van der Waals surface area contributed by atoms with Crippen molar-refractivity contribution in [3.8, 4) is 0 Å². The van der Waals surface area contributed by atoms with Gasteiger partial charge in [0.05, 0.1) is 0 Å². The van der Waals surface area contributed by atoms with Gasteiger partial charge < -0.3 is 23.4 Å². The molecule has 0 aliphatic rings. The molecular weight excluding hydrogens is 170 g/mol. The zero-order valence-electron chi connectivity index (χ0n) is 1.71. The molecule has 2 nitrogen and oxygen atoms in total. The molecule has 4 heteroatoms. The molecule has 0 radical (unpaired) electrons. The molecule has 0 bridgehead atoms. The van der Waals surface area contributed by atoms with Gasteiger partial charge in [-0.3, -0.25) is 0 Å². The maximum atomic E-state index is 0. The Labute approximate surface area is 43.4 Å². The predicted molar refractivity (Wildman–Crippen MR) is 7.23 cm³/mol. The molecule has 0 spiro atoms. The van der Waals surface area contributed by atoms with E-state index < -0.39 is 0 Å². The van der Waals surface area contributed by atoms with Crippen LogP contribution in [0, 0.1) is 0 Å². The fourth-order valence-corrected chi connectivity index (χ4v) is 0. The second-order valence-corrected chi connectivity index (χ2v) is 0. The van der Waals surface area contributed by atoms with Crippen molar-refractivity contribution in [2.24, 2.45) is 0 Å². The van der Waals surface area contributed by atoms with E-state index in [1.165, 1.54) is 0 Å². The summed E-state index contributed by atoms with van der Waals surface area (Å²) in [5.41, 5.74) is 0. The first-order valence-electron chi connectivity index (χ1n) is 0. The molecule has 0 amide bonds. The van der Waals surface area contributed by atoms with Crippen LogP contribution < -0.4 is 12.4 Å². The second kappa shape index (κ2) is 44.3. The van der Waals surface area contributed by atoms with Gasteiger partial charge in [0, 0.05) is 0 Å². The fourth-order valence-electron chi connectivity index (χ4n) is 0. The number of hydrogen-bond acceptors (Lipinski definition) is 0. The predicted octanol–water partition coefficient (Wildman–Crippen LogP) is -4.65.